The van der Waals surface area contributed by atoms with Crippen LogP contribution >= 0.6 is 0 Å². The van der Waals surface area contributed by atoms with Gasteiger partial charge in [0.05, 0.1) is 23.0 Å². The Balaban J connectivity index is 1.66. The number of carbonyl (C=O) groups excluding carboxylic acids is 1. The topological polar surface area (TPSA) is 79.2 Å². The molecular formula is C22H24N4O2. The van der Waals surface area contributed by atoms with Crippen molar-refractivity contribution in [3.8, 4) is 11.4 Å². The van der Waals surface area contributed by atoms with Crippen LogP contribution < -0.4 is 4.90 Å². The third-order valence-electron chi connectivity index (χ3n) is 5.43. The van der Waals surface area contributed by atoms with Crippen LogP contribution in [0.3, 0.4) is 0 Å². The number of aldehydes is 1. The molecule has 1 aliphatic rings. The number of piperidine rings is 1. The first kappa shape index (κ1) is 18.5. The van der Waals surface area contributed by atoms with Gasteiger partial charge in [0, 0.05) is 36.8 Å². The molecule has 4 heterocycles. The fourth-order valence-electron chi connectivity index (χ4n) is 3.87. The summed E-state index contributed by atoms with van der Waals surface area (Å²) in [5.74, 6) is 1.31. The van der Waals surface area contributed by atoms with Gasteiger partial charge in [-0.1, -0.05) is 19.9 Å². The minimum absolute atomic E-state index is 0.205. The maximum atomic E-state index is 10.8. The van der Waals surface area contributed by atoms with Crippen LogP contribution in [0.1, 0.15) is 19.5 Å². The van der Waals surface area contributed by atoms with Crippen LogP contribution in [0.15, 0.2) is 42.6 Å². The zero-order chi connectivity index (χ0) is 19.7. The minimum atomic E-state index is -0.268. The predicted octanol–water partition coefficient (Wildman–Crippen LogP) is 2.89. The van der Waals surface area contributed by atoms with Crippen molar-refractivity contribution in [3.63, 3.8) is 0 Å². The average molecular weight is 376 g/mol. The molecular weight excluding hydrogens is 352 g/mol. The molecule has 2 unspecified atom stereocenters. The Morgan fingerprint density at radius 1 is 1.11 bits per heavy atom. The van der Waals surface area contributed by atoms with Crippen molar-refractivity contribution >= 4 is 23.0 Å². The lowest BCUT2D eigenvalue weighted by Gasteiger charge is -2.39. The maximum Gasteiger partial charge on any atom is 0.129 e. The Morgan fingerprint density at radius 2 is 1.86 bits per heavy atom. The van der Waals surface area contributed by atoms with Crippen LogP contribution in [0.25, 0.3) is 22.3 Å². The Kier molecular flexibility index (Phi) is 5.05. The van der Waals surface area contributed by atoms with Gasteiger partial charge in [-0.15, -0.1) is 0 Å². The number of aliphatic hydroxyl groups is 1. The molecule has 0 aliphatic carbocycles. The highest BCUT2D eigenvalue weighted by molar-refractivity contribution is 5.81. The number of hydrogen-bond acceptors (Lipinski definition) is 6. The number of aliphatic hydroxyl groups excluding tert-OH is 1. The van der Waals surface area contributed by atoms with E-state index in [1.54, 1.807) is 6.20 Å². The zero-order valence-electron chi connectivity index (χ0n) is 16.1. The SMILES string of the molecule is CC1CN(c2cccc(-c3ccc4cnc(CC=O)cc4n3)n2)CC(C)C1O. The van der Waals surface area contributed by atoms with Crippen molar-refractivity contribution in [2.24, 2.45) is 11.8 Å². The second-order valence-electron chi connectivity index (χ2n) is 7.67. The van der Waals surface area contributed by atoms with Crippen molar-refractivity contribution in [1.29, 1.82) is 0 Å². The average Bonchev–Trinajstić information content (AvgIpc) is 2.71. The van der Waals surface area contributed by atoms with Crippen LogP contribution in [0, 0.1) is 11.8 Å². The fraction of sp³-hybridized carbons (Fsp3) is 0.364. The molecule has 2 atom stereocenters. The summed E-state index contributed by atoms with van der Waals surface area (Å²) in [5.41, 5.74) is 3.11. The van der Waals surface area contributed by atoms with E-state index in [0.717, 1.165) is 47.5 Å². The van der Waals surface area contributed by atoms with Crippen molar-refractivity contribution in [2.75, 3.05) is 18.0 Å². The van der Waals surface area contributed by atoms with Crippen molar-refractivity contribution in [2.45, 2.75) is 26.4 Å². The van der Waals surface area contributed by atoms with E-state index >= 15 is 0 Å². The zero-order valence-corrected chi connectivity index (χ0v) is 16.1. The maximum absolute atomic E-state index is 10.8. The van der Waals surface area contributed by atoms with Gasteiger partial charge in [-0.05, 0) is 42.2 Å². The van der Waals surface area contributed by atoms with Crippen molar-refractivity contribution in [1.82, 2.24) is 15.0 Å². The van der Waals surface area contributed by atoms with Gasteiger partial charge in [0.2, 0.25) is 0 Å². The van der Waals surface area contributed by atoms with Crippen LogP contribution in [0.4, 0.5) is 5.82 Å². The lowest BCUT2D eigenvalue weighted by Crippen LogP contribution is -2.47. The third kappa shape index (κ3) is 3.60. The van der Waals surface area contributed by atoms with Gasteiger partial charge in [0.25, 0.3) is 0 Å². The van der Waals surface area contributed by atoms with E-state index in [1.165, 1.54) is 0 Å². The molecule has 1 fully saturated rings. The van der Waals surface area contributed by atoms with Crippen molar-refractivity contribution < 1.29 is 9.90 Å². The highest BCUT2D eigenvalue weighted by atomic mass is 16.3. The lowest BCUT2D eigenvalue weighted by molar-refractivity contribution is -0.107. The van der Waals surface area contributed by atoms with E-state index in [-0.39, 0.29) is 24.4 Å². The van der Waals surface area contributed by atoms with Gasteiger partial charge < -0.3 is 14.8 Å². The molecule has 1 N–H and O–H groups in total. The molecule has 1 saturated heterocycles. The first-order chi connectivity index (χ1) is 13.5. The largest absolute Gasteiger partial charge is 0.392 e. The molecule has 3 aromatic heterocycles. The molecule has 6 nitrogen and oxygen atoms in total. The van der Waals surface area contributed by atoms with Crippen LogP contribution in [0.5, 0.6) is 0 Å². The summed E-state index contributed by atoms with van der Waals surface area (Å²) in [6, 6.07) is 11.7. The van der Waals surface area contributed by atoms with Gasteiger partial charge in [-0.25, -0.2) is 9.97 Å². The number of carbonyl (C=O) groups is 1. The molecule has 144 valence electrons. The van der Waals surface area contributed by atoms with E-state index in [0.29, 0.717) is 5.69 Å². The van der Waals surface area contributed by atoms with Gasteiger partial charge >= 0.3 is 0 Å². The predicted molar refractivity (Wildman–Crippen MR) is 109 cm³/mol. The van der Waals surface area contributed by atoms with Crippen molar-refractivity contribution in [3.05, 3.63) is 48.3 Å². The summed E-state index contributed by atoms with van der Waals surface area (Å²) < 4.78 is 0. The Labute approximate surface area is 164 Å². The second-order valence-corrected chi connectivity index (χ2v) is 7.67. The number of anilines is 1. The molecule has 0 saturated carbocycles. The Hall–Kier alpha value is -2.86. The monoisotopic (exact) mass is 376 g/mol. The van der Waals surface area contributed by atoms with E-state index in [1.807, 2.05) is 36.4 Å². The molecule has 0 bridgehead atoms. The molecule has 0 aromatic carbocycles. The van der Waals surface area contributed by atoms with Crippen LogP contribution in [-0.4, -0.2) is 45.5 Å². The number of rotatable bonds is 4. The smallest absolute Gasteiger partial charge is 0.129 e. The van der Waals surface area contributed by atoms with Crippen LogP contribution in [0.2, 0.25) is 0 Å². The number of aromatic nitrogens is 3. The molecule has 28 heavy (non-hydrogen) atoms. The number of pyridine rings is 3. The van der Waals surface area contributed by atoms with E-state index in [4.69, 9.17) is 9.97 Å². The third-order valence-corrected chi connectivity index (χ3v) is 5.43. The molecule has 0 amide bonds. The Bertz CT molecular complexity index is 995. The number of nitrogens with zero attached hydrogens (tertiary/aromatic N) is 4. The molecule has 4 rings (SSSR count). The Morgan fingerprint density at radius 3 is 2.61 bits per heavy atom. The highest BCUT2D eigenvalue weighted by Gasteiger charge is 2.30. The lowest BCUT2D eigenvalue weighted by atomic mass is 9.88. The summed E-state index contributed by atoms with van der Waals surface area (Å²) >= 11 is 0. The van der Waals surface area contributed by atoms with E-state index in [2.05, 4.69) is 23.7 Å². The summed E-state index contributed by atoms with van der Waals surface area (Å²) in [5, 5.41) is 11.2. The highest BCUT2D eigenvalue weighted by Crippen LogP contribution is 2.27. The fourth-order valence-corrected chi connectivity index (χ4v) is 3.87. The molecule has 0 radical (unpaired) electrons. The van der Waals surface area contributed by atoms with E-state index in [9.17, 15) is 9.90 Å². The summed E-state index contributed by atoms with van der Waals surface area (Å²) in [6.45, 7) is 5.72. The quantitative estimate of drug-likeness (QED) is 0.706. The van der Waals surface area contributed by atoms with Gasteiger partial charge in [0.15, 0.2) is 0 Å². The van der Waals surface area contributed by atoms with Crippen LogP contribution in [-0.2, 0) is 11.2 Å². The van der Waals surface area contributed by atoms with Gasteiger partial charge in [0.1, 0.15) is 12.1 Å². The molecule has 3 aromatic rings. The van der Waals surface area contributed by atoms with E-state index < -0.39 is 0 Å². The first-order valence-corrected chi connectivity index (χ1v) is 9.65. The second kappa shape index (κ2) is 7.64. The summed E-state index contributed by atoms with van der Waals surface area (Å²) in [6.07, 6.45) is 2.61. The normalized spacial score (nSPS) is 22.4. The van der Waals surface area contributed by atoms with Gasteiger partial charge in [-0.3, -0.25) is 4.98 Å². The first-order valence-electron chi connectivity index (χ1n) is 9.65. The molecule has 1 aliphatic heterocycles. The number of fused-ring (bicyclic) bond motifs is 1. The molecule has 6 heteroatoms. The summed E-state index contributed by atoms with van der Waals surface area (Å²) in [7, 11) is 0. The standard InChI is InChI=1S/C22H24N4O2/c1-14-12-26(13-15(2)22(14)28)21-5-3-4-18(25-21)19-7-6-16-11-23-17(8-9-27)10-20(16)24-19/h3-7,9-11,14-15,22,28H,8,12-13H2,1-2H3. The summed E-state index contributed by atoms with van der Waals surface area (Å²) in [4.78, 5) is 26.9. The minimum Gasteiger partial charge on any atom is -0.392 e. The molecule has 0 spiro atoms. The number of hydrogen-bond donors (Lipinski definition) is 1. The van der Waals surface area contributed by atoms with Gasteiger partial charge in [-0.2, -0.15) is 0 Å².